The van der Waals surface area contributed by atoms with E-state index in [9.17, 15) is 22.8 Å². The fraction of sp³-hybridized carbons (Fsp3) is 0.800. The number of nitrogens with zero attached hydrogens (tertiary/aromatic N) is 1. The molecule has 1 aliphatic rings. The molecule has 0 aromatic carbocycles. The molecule has 0 aromatic rings. The average Bonchev–Trinajstić information content (AvgIpc) is 2.97. The van der Waals surface area contributed by atoms with Crippen LogP contribution in [-0.4, -0.2) is 53.7 Å². The van der Waals surface area contributed by atoms with Crippen LogP contribution in [0, 0.1) is 0 Å². The van der Waals surface area contributed by atoms with Crippen molar-refractivity contribution in [2.75, 3.05) is 19.6 Å². The number of aliphatic carboxylic acids is 1. The van der Waals surface area contributed by atoms with Gasteiger partial charge in [-0.05, 0) is 12.8 Å². The van der Waals surface area contributed by atoms with Gasteiger partial charge in [-0.25, -0.2) is 0 Å². The Hall–Kier alpha value is -1.31. The van der Waals surface area contributed by atoms with E-state index in [0.717, 1.165) is 12.8 Å². The molecule has 104 valence electrons. The second-order valence-corrected chi connectivity index (χ2v) is 4.24. The first-order chi connectivity index (χ1) is 8.28. The minimum Gasteiger partial charge on any atom is -0.480 e. The Labute approximate surface area is 102 Å². The van der Waals surface area contributed by atoms with Crippen LogP contribution >= 0.6 is 0 Å². The van der Waals surface area contributed by atoms with Gasteiger partial charge in [0.2, 0.25) is 5.91 Å². The number of hydrogen-bond acceptors (Lipinski definition) is 3. The minimum atomic E-state index is -4.59. The highest BCUT2D eigenvalue weighted by atomic mass is 19.4. The van der Waals surface area contributed by atoms with Gasteiger partial charge in [0.05, 0.1) is 0 Å². The Morgan fingerprint density at radius 2 is 1.94 bits per heavy atom. The second kappa shape index (κ2) is 6.03. The Morgan fingerprint density at radius 3 is 2.39 bits per heavy atom. The van der Waals surface area contributed by atoms with E-state index in [0.29, 0.717) is 10.9 Å². The molecular formula is C10H15F3N2O3. The largest absolute Gasteiger partial charge is 0.480 e. The lowest BCUT2D eigenvalue weighted by atomic mass is 10.3. The SMILES string of the molecule is O=C(O)CN(CC(F)(F)F)C(=O)CCNC1CC1. The monoisotopic (exact) mass is 268 g/mol. The summed E-state index contributed by atoms with van der Waals surface area (Å²) in [4.78, 5) is 22.2. The van der Waals surface area contributed by atoms with Gasteiger partial charge in [-0.1, -0.05) is 0 Å². The summed E-state index contributed by atoms with van der Waals surface area (Å²) in [6, 6.07) is 0.355. The number of carbonyl (C=O) groups excluding carboxylic acids is 1. The number of carboxylic acid groups (broad SMARTS) is 1. The first kappa shape index (κ1) is 14.7. The van der Waals surface area contributed by atoms with Crippen LogP contribution in [0.1, 0.15) is 19.3 Å². The van der Waals surface area contributed by atoms with Crippen LogP contribution < -0.4 is 5.32 Å². The standard InChI is InChI=1S/C10H15F3N2O3/c11-10(12,13)6-15(5-9(17)18)8(16)3-4-14-7-1-2-7/h7,14H,1-6H2,(H,17,18). The van der Waals surface area contributed by atoms with Crippen molar-refractivity contribution in [2.24, 2.45) is 0 Å². The second-order valence-electron chi connectivity index (χ2n) is 4.24. The predicted octanol–water partition coefficient (Wildman–Crippen LogP) is 0.604. The van der Waals surface area contributed by atoms with Crippen LogP contribution in [0.4, 0.5) is 13.2 Å². The Bertz CT molecular complexity index is 316. The average molecular weight is 268 g/mol. The van der Waals surface area contributed by atoms with Crippen LogP contribution in [0.3, 0.4) is 0 Å². The van der Waals surface area contributed by atoms with E-state index in [-0.39, 0.29) is 13.0 Å². The van der Waals surface area contributed by atoms with E-state index >= 15 is 0 Å². The van der Waals surface area contributed by atoms with E-state index in [2.05, 4.69) is 5.32 Å². The Kier molecular flexibility index (Phi) is 4.94. The molecule has 1 fully saturated rings. The first-order valence-corrected chi connectivity index (χ1v) is 5.57. The minimum absolute atomic E-state index is 0.125. The van der Waals surface area contributed by atoms with E-state index in [4.69, 9.17) is 5.11 Å². The molecule has 8 heteroatoms. The number of hydrogen-bond donors (Lipinski definition) is 2. The Balaban J connectivity index is 2.40. The number of carbonyl (C=O) groups is 2. The first-order valence-electron chi connectivity index (χ1n) is 5.57. The van der Waals surface area contributed by atoms with Crippen LogP contribution in [0.25, 0.3) is 0 Å². The molecule has 0 unspecified atom stereocenters. The summed E-state index contributed by atoms with van der Waals surface area (Å²) in [6.45, 7) is -2.18. The highest BCUT2D eigenvalue weighted by molar-refractivity contribution is 5.81. The summed E-state index contributed by atoms with van der Waals surface area (Å²) in [5.74, 6) is -2.26. The van der Waals surface area contributed by atoms with Gasteiger partial charge in [0, 0.05) is 19.0 Å². The zero-order valence-electron chi connectivity index (χ0n) is 9.66. The van der Waals surface area contributed by atoms with Gasteiger partial charge in [0.1, 0.15) is 13.1 Å². The lowest BCUT2D eigenvalue weighted by molar-refractivity contribution is -0.165. The summed E-state index contributed by atoms with van der Waals surface area (Å²) >= 11 is 0. The maximum Gasteiger partial charge on any atom is 0.406 e. The van der Waals surface area contributed by atoms with Crippen molar-refractivity contribution < 1.29 is 27.9 Å². The van der Waals surface area contributed by atoms with Gasteiger partial charge < -0.3 is 15.3 Å². The predicted molar refractivity (Wildman–Crippen MR) is 55.9 cm³/mol. The van der Waals surface area contributed by atoms with Gasteiger partial charge in [-0.15, -0.1) is 0 Å². The third-order valence-electron chi connectivity index (χ3n) is 2.40. The molecule has 0 radical (unpaired) electrons. The fourth-order valence-electron chi connectivity index (χ4n) is 1.44. The number of amides is 1. The number of rotatable bonds is 7. The summed E-state index contributed by atoms with van der Waals surface area (Å²) in [5, 5.41) is 11.5. The third kappa shape index (κ3) is 6.43. The summed E-state index contributed by atoms with van der Waals surface area (Å²) in [6.07, 6.45) is -2.69. The van der Waals surface area contributed by atoms with Crippen molar-refractivity contribution in [2.45, 2.75) is 31.5 Å². The van der Waals surface area contributed by atoms with Gasteiger partial charge in [0.25, 0.3) is 0 Å². The van der Waals surface area contributed by atoms with Crippen LogP contribution in [0.5, 0.6) is 0 Å². The molecule has 0 heterocycles. The molecule has 1 saturated carbocycles. The summed E-state index contributed by atoms with van der Waals surface area (Å²) < 4.78 is 36.5. The molecule has 5 nitrogen and oxygen atoms in total. The van der Waals surface area contributed by atoms with Crippen LogP contribution in [0.15, 0.2) is 0 Å². The molecule has 0 atom stereocenters. The highest BCUT2D eigenvalue weighted by Gasteiger charge is 2.33. The molecular weight excluding hydrogens is 253 g/mol. The lowest BCUT2D eigenvalue weighted by Gasteiger charge is -2.22. The highest BCUT2D eigenvalue weighted by Crippen LogP contribution is 2.19. The smallest absolute Gasteiger partial charge is 0.406 e. The molecule has 2 N–H and O–H groups in total. The van der Waals surface area contributed by atoms with E-state index in [1.54, 1.807) is 0 Å². The van der Waals surface area contributed by atoms with Gasteiger partial charge in [-0.2, -0.15) is 13.2 Å². The van der Waals surface area contributed by atoms with Crippen molar-refractivity contribution in [1.82, 2.24) is 10.2 Å². The van der Waals surface area contributed by atoms with Crippen molar-refractivity contribution in [1.29, 1.82) is 0 Å². The molecule has 0 spiro atoms. The molecule has 1 amide bonds. The van der Waals surface area contributed by atoms with Crippen molar-refractivity contribution in [3.63, 3.8) is 0 Å². The van der Waals surface area contributed by atoms with Gasteiger partial charge in [0.15, 0.2) is 0 Å². The maximum absolute atomic E-state index is 12.2. The summed E-state index contributed by atoms with van der Waals surface area (Å²) in [7, 11) is 0. The van der Waals surface area contributed by atoms with Crippen molar-refractivity contribution >= 4 is 11.9 Å². The Morgan fingerprint density at radius 1 is 1.33 bits per heavy atom. The van der Waals surface area contributed by atoms with Crippen LogP contribution in [0.2, 0.25) is 0 Å². The van der Waals surface area contributed by atoms with E-state index in [1.165, 1.54) is 0 Å². The lowest BCUT2D eigenvalue weighted by Crippen LogP contribution is -2.43. The zero-order valence-corrected chi connectivity index (χ0v) is 9.66. The molecule has 0 aliphatic heterocycles. The number of halogens is 3. The van der Waals surface area contributed by atoms with E-state index < -0.39 is 31.1 Å². The zero-order chi connectivity index (χ0) is 13.8. The van der Waals surface area contributed by atoms with Gasteiger partial charge >= 0.3 is 12.1 Å². The molecule has 1 rings (SSSR count). The maximum atomic E-state index is 12.2. The normalized spacial score (nSPS) is 15.5. The van der Waals surface area contributed by atoms with E-state index in [1.807, 2.05) is 0 Å². The number of alkyl halides is 3. The molecule has 1 aliphatic carbocycles. The van der Waals surface area contributed by atoms with Gasteiger partial charge in [-0.3, -0.25) is 9.59 Å². The quantitative estimate of drug-likeness (QED) is 0.709. The molecule has 0 bridgehead atoms. The third-order valence-corrected chi connectivity index (χ3v) is 2.40. The number of carboxylic acids is 1. The molecule has 0 aromatic heterocycles. The number of nitrogens with one attached hydrogen (secondary N) is 1. The fourth-order valence-corrected chi connectivity index (χ4v) is 1.44. The molecule has 18 heavy (non-hydrogen) atoms. The van der Waals surface area contributed by atoms with Crippen molar-refractivity contribution in [3.05, 3.63) is 0 Å². The van der Waals surface area contributed by atoms with Crippen molar-refractivity contribution in [3.8, 4) is 0 Å². The summed E-state index contributed by atoms with van der Waals surface area (Å²) in [5.41, 5.74) is 0. The topological polar surface area (TPSA) is 69.6 Å². The molecule has 0 saturated heterocycles. The van der Waals surface area contributed by atoms with Crippen LogP contribution in [-0.2, 0) is 9.59 Å².